The molecule has 2 aromatic heterocycles. The zero-order valence-electron chi connectivity index (χ0n) is 15.1. The number of nitrogens with one attached hydrogen (secondary N) is 1. The number of nitrogens with zero attached hydrogens (tertiary/aromatic N) is 3. The van der Waals surface area contributed by atoms with Crippen LogP contribution < -0.4 is 16.6 Å². The minimum absolute atomic E-state index is 0.0169. The third-order valence-electron chi connectivity index (χ3n) is 4.28. The quantitative estimate of drug-likeness (QED) is 0.687. The topological polar surface area (TPSA) is 76.2 Å². The predicted molar refractivity (Wildman–Crippen MR) is 104 cm³/mol. The van der Waals surface area contributed by atoms with Crippen molar-refractivity contribution in [3.05, 3.63) is 52.7 Å². The summed E-state index contributed by atoms with van der Waals surface area (Å²) in [5.74, 6) is 0.217. The van der Waals surface area contributed by atoms with Crippen molar-refractivity contribution < 1.29 is 4.39 Å². The van der Waals surface area contributed by atoms with Gasteiger partial charge in [0.1, 0.15) is 11.6 Å². The summed E-state index contributed by atoms with van der Waals surface area (Å²) in [6.07, 6.45) is 1.73. The molecule has 3 aromatic rings. The molecule has 0 radical (unpaired) electrons. The number of pyridine rings is 2. The zero-order chi connectivity index (χ0) is 18.8. The van der Waals surface area contributed by atoms with Crippen molar-refractivity contribution in [1.29, 1.82) is 0 Å². The number of nitrogen functional groups attached to an aromatic ring is 1. The van der Waals surface area contributed by atoms with Crippen LogP contribution in [0.4, 0.5) is 15.9 Å². The fraction of sp³-hybridized carbons (Fsp3) is 0.263. The first-order chi connectivity index (χ1) is 12.4. The second-order valence-corrected chi connectivity index (χ2v) is 6.52. The van der Waals surface area contributed by atoms with E-state index in [0.717, 1.165) is 24.0 Å². The van der Waals surface area contributed by atoms with Crippen molar-refractivity contribution in [3.8, 4) is 11.1 Å². The molecule has 0 saturated carbocycles. The lowest BCUT2D eigenvalue weighted by atomic mass is 10.0. The van der Waals surface area contributed by atoms with Crippen molar-refractivity contribution in [1.82, 2.24) is 14.5 Å². The van der Waals surface area contributed by atoms with E-state index in [1.165, 1.54) is 12.1 Å². The number of nitrogens with two attached hydrogens (primary N) is 1. The molecule has 0 aliphatic rings. The molecular weight excluding hydrogens is 333 g/mol. The van der Waals surface area contributed by atoms with Gasteiger partial charge in [-0.15, -0.1) is 0 Å². The molecule has 0 unspecified atom stereocenters. The smallest absolute Gasteiger partial charge is 0.258 e. The average molecular weight is 355 g/mol. The maximum Gasteiger partial charge on any atom is 0.258 e. The Morgan fingerprint density at radius 1 is 1.27 bits per heavy atom. The number of aryl methyl sites for hydroxylation is 1. The molecule has 0 saturated heterocycles. The lowest BCUT2D eigenvalue weighted by Crippen LogP contribution is -2.21. The van der Waals surface area contributed by atoms with Crippen LogP contribution in [-0.2, 0) is 7.05 Å². The van der Waals surface area contributed by atoms with Crippen molar-refractivity contribution in [3.63, 3.8) is 0 Å². The molecule has 26 heavy (non-hydrogen) atoms. The Balaban J connectivity index is 2.02. The van der Waals surface area contributed by atoms with Gasteiger partial charge in [-0.1, -0.05) is 6.07 Å². The van der Waals surface area contributed by atoms with Crippen LogP contribution in [0, 0.1) is 5.82 Å². The van der Waals surface area contributed by atoms with Crippen molar-refractivity contribution >= 4 is 22.4 Å². The Labute approximate surface area is 151 Å². The molecule has 3 N–H and O–H groups in total. The standard InChI is InChI=1S/C19H22FN5O/c1-24(2)7-6-22-18-10-17-13(11-23-18)8-14(19(26)25(17)3)12-4-5-15(20)16(21)9-12/h4-5,8-11H,6-7,21H2,1-3H3,(H,22,23). The van der Waals surface area contributed by atoms with E-state index >= 15 is 0 Å². The third kappa shape index (κ3) is 3.52. The molecule has 136 valence electrons. The first-order valence-corrected chi connectivity index (χ1v) is 8.30. The Morgan fingerprint density at radius 3 is 2.73 bits per heavy atom. The van der Waals surface area contributed by atoms with Crippen molar-refractivity contribution in [2.75, 3.05) is 38.2 Å². The Bertz CT molecular complexity index is 1010. The maximum absolute atomic E-state index is 13.4. The summed E-state index contributed by atoms with van der Waals surface area (Å²) < 4.78 is 15.0. The number of fused-ring (bicyclic) bond motifs is 1. The molecule has 0 spiro atoms. The summed E-state index contributed by atoms with van der Waals surface area (Å²) in [5.41, 5.74) is 7.30. The highest BCUT2D eigenvalue weighted by molar-refractivity contribution is 5.85. The molecule has 0 atom stereocenters. The summed E-state index contributed by atoms with van der Waals surface area (Å²) in [4.78, 5) is 19.3. The zero-order valence-corrected chi connectivity index (χ0v) is 15.1. The molecule has 7 heteroatoms. The van der Waals surface area contributed by atoms with Crippen LogP contribution in [0.1, 0.15) is 0 Å². The highest BCUT2D eigenvalue weighted by atomic mass is 19.1. The monoisotopic (exact) mass is 355 g/mol. The van der Waals surface area contributed by atoms with Gasteiger partial charge in [0.2, 0.25) is 0 Å². The summed E-state index contributed by atoms with van der Waals surface area (Å²) in [6, 6.07) is 7.92. The van der Waals surface area contributed by atoms with Crippen LogP contribution in [0.3, 0.4) is 0 Å². The van der Waals surface area contributed by atoms with Gasteiger partial charge in [-0.2, -0.15) is 0 Å². The van der Waals surface area contributed by atoms with Gasteiger partial charge >= 0.3 is 0 Å². The molecule has 0 aliphatic heterocycles. The maximum atomic E-state index is 13.4. The lowest BCUT2D eigenvalue weighted by Gasteiger charge is -2.13. The fourth-order valence-electron chi connectivity index (χ4n) is 2.79. The lowest BCUT2D eigenvalue weighted by molar-refractivity contribution is 0.425. The van der Waals surface area contributed by atoms with Crippen LogP contribution in [0.2, 0.25) is 0 Å². The summed E-state index contributed by atoms with van der Waals surface area (Å²) in [7, 11) is 5.72. The number of hydrogen-bond donors (Lipinski definition) is 2. The molecule has 0 amide bonds. The van der Waals surface area contributed by atoms with Crippen LogP contribution in [-0.4, -0.2) is 41.6 Å². The number of anilines is 2. The normalized spacial score (nSPS) is 11.3. The van der Waals surface area contributed by atoms with E-state index in [4.69, 9.17) is 5.73 Å². The minimum Gasteiger partial charge on any atom is -0.396 e. The first-order valence-electron chi connectivity index (χ1n) is 8.30. The van der Waals surface area contributed by atoms with Crippen LogP contribution >= 0.6 is 0 Å². The molecular formula is C19H22FN5O. The second kappa shape index (κ2) is 7.13. The largest absolute Gasteiger partial charge is 0.396 e. The van der Waals surface area contributed by atoms with E-state index in [1.54, 1.807) is 29.9 Å². The molecule has 2 heterocycles. The Hall–Kier alpha value is -2.93. The van der Waals surface area contributed by atoms with Gasteiger partial charge in [0.05, 0.1) is 11.2 Å². The van der Waals surface area contributed by atoms with Gasteiger partial charge in [0.25, 0.3) is 5.56 Å². The van der Waals surface area contributed by atoms with E-state index in [0.29, 0.717) is 16.9 Å². The molecule has 6 nitrogen and oxygen atoms in total. The molecule has 1 aromatic carbocycles. The van der Waals surface area contributed by atoms with E-state index in [1.807, 2.05) is 20.2 Å². The van der Waals surface area contributed by atoms with E-state index in [-0.39, 0.29) is 11.2 Å². The fourth-order valence-corrected chi connectivity index (χ4v) is 2.79. The van der Waals surface area contributed by atoms with Gasteiger partial charge in [-0.25, -0.2) is 9.37 Å². The van der Waals surface area contributed by atoms with E-state index in [2.05, 4.69) is 15.2 Å². The minimum atomic E-state index is -0.499. The number of benzene rings is 1. The number of likely N-dealkylation sites (N-methyl/N-ethyl adjacent to an activating group) is 1. The van der Waals surface area contributed by atoms with Gasteiger partial charge in [0, 0.05) is 43.4 Å². The van der Waals surface area contributed by atoms with Gasteiger partial charge in [-0.05, 0) is 37.9 Å². The van der Waals surface area contributed by atoms with E-state index in [9.17, 15) is 9.18 Å². The summed E-state index contributed by atoms with van der Waals surface area (Å²) >= 11 is 0. The summed E-state index contributed by atoms with van der Waals surface area (Å²) in [5, 5.41) is 4.07. The van der Waals surface area contributed by atoms with Crippen LogP contribution in [0.15, 0.2) is 41.3 Å². The molecule has 0 fully saturated rings. The number of hydrogen-bond acceptors (Lipinski definition) is 5. The van der Waals surface area contributed by atoms with Crippen molar-refractivity contribution in [2.24, 2.45) is 7.05 Å². The highest BCUT2D eigenvalue weighted by Crippen LogP contribution is 2.24. The molecule has 0 bridgehead atoms. The summed E-state index contributed by atoms with van der Waals surface area (Å²) in [6.45, 7) is 1.63. The predicted octanol–water partition coefficient (Wildman–Crippen LogP) is 2.30. The third-order valence-corrected chi connectivity index (χ3v) is 4.28. The van der Waals surface area contributed by atoms with Crippen LogP contribution in [0.25, 0.3) is 22.0 Å². The highest BCUT2D eigenvalue weighted by Gasteiger charge is 2.11. The number of rotatable bonds is 5. The first kappa shape index (κ1) is 17.9. The second-order valence-electron chi connectivity index (χ2n) is 6.52. The average Bonchev–Trinajstić information content (AvgIpc) is 2.60. The number of halogens is 1. The van der Waals surface area contributed by atoms with Crippen molar-refractivity contribution in [2.45, 2.75) is 0 Å². The van der Waals surface area contributed by atoms with Gasteiger partial charge < -0.3 is 20.5 Å². The Morgan fingerprint density at radius 2 is 2.04 bits per heavy atom. The van der Waals surface area contributed by atoms with E-state index < -0.39 is 5.82 Å². The van der Waals surface area contributed by atoms with Gasteiger partial charge in [0.15, 0.2) is 0 Å². The number of aromatic nitrogens is 2. The molecule has 3 rings (SSSR count). The van der Waals surface area contributed by atoms with Crippen LogP contribution in [0.5, 0.6) is 0 Å². The Kier molecular flexibility index (Phi) is 4.90. The van der Waals surface area contributed by atoms with Gasteiger partial charge in [-0.3, -0.25) is 4.79 Å². The SMILES string of the molecule is CN(C)CCNc1cc2c(cn1)cc(-c1ccc(F)c(N)c1)c(=O)n2C. The molecule has 0 aliphatic carbocycles.